The standard InChI is InChI=1S/C17H15BrN2/c1-3-4-6-9-13(2)17-19-15(12-16(18)20-17)14-10-7-5-8-11-14/h3-12H,1H2,2H3/b6-4-,13-9+. The van der Waals surface area contributed by atoms with E-state index in [1.165, 1.54) is 0 Å². The Morgan fingerprint density at radius 3 is 2.60 bits per heavy atom. The highest BCUT2D eigenvalue weighted by Gasteiger charge is 2.06. The first-order chi connectivity index (χ1) is 9.70. The van der Waals surface area contributed by atoms with Crippen LogP contribution < -0.4 is 0 Å². The molecule has 0 fully saturated rings. The van der Waals surface area contributed by atoms with E-state index in [4.69, 9.17) is 0 Å². The van der Waals surface area contributed by atoms with E-state index in [0.717, 1.165) is 21.4 Å². The quantitative estimate of drug-likeness (QED) is 0.580. The van der Waals surface area contributed by atoms with Crippen LogP contribution in [0.15, 0.2) is 71.9 Å². The molecule has 0 spiro atoms. The normalized spacial score (nSPS) is 11.8. The Bertz CT molecular complexity index is 658. The monoisotopic (exact) mass is 326 g/mol. The largest absolute Gasteiger partial charge is 0.228 e. The molecule has 1 aromatic carbocycles. The number of benzene rings is 1. The molecule has 2 rings (SSSR count). The van der Waals surface area contributed by atoms with Crippen LogP contribution >= 0.6 is 15.9 Å². The van der Waals surface area contributed by atoms with Crippen LogP contribution in [0.4, 0.5) is 0 Å². The second-order valence-electron chi connectivity index (χ2n) is 4.24. The Morgan fingerprint density at radius 1 is 1.15 bits per heavy atom. The second-order valence-corrected chi connectivity index (χ2v) is 5.05. The van der Waals surface area contributed by atoms with Gasteiger partial charge in [-0.1, -0.05) is 61.2 Å². The maximum Gasteiger partial charge on any atom is 0.156 e. The molecule has 0 aliphatic rings. The molecule has 3 heteroatoms. The van der Waals surface area contributed by atoms with E-state index >= 15 is 0 Å². The van der Waals surface area contributed by atoms with Crippen LogP contribution in [-0.2, 0) is 0 Å². The number of hydrogen-bond acceptors (Lipinski definition) is 2. The fourth-order valence-corrected chi connectivity index (χ4v) is 2.09. The lowest BCUT2D eigenvalue weighted by Crippen LogP contribution is -1.95. The number of rotatable bonds is 4. The van der Waals surface area contributed by atoms with Gasteiger partial charge in [0, 0.05) is 5.56 Å². The number of allylic oxidation sites excluding steroid dienone is 5. The van der Waals surface area contributed by atoms with Crippen molar-refractivity contribution in [2.24, 2.45) is 0 Å². The number of nitrogens with zero attached hydrogens (tertiary/aromatic N) is 2. The van der Waals surface area contributed by atoms with E-state index in [-0.39, 0.29) is 0 Å². The van der Waals surface area contributed by atoms with E-state index in [0.29, 0.717) is 5.82 Å². The predicted molar refractivity (Wildman–Crippen MR) is 88.2 cm³/mol. The molecule has 2 aromatic rings. The molecular weight excluding hydrogens is 312 g/mol. The summed E-state index contributed by atoms with van der Waals surface area (Å²) >= 11 is 3.45. The molecule has 0 bridgehead atoms. The van der Waals surface area contributed by atoms with Crippen molar-refractivity contribution >= 4 is 21.5 Å². The molecule has 0 aliphatic heterocycles. The third kappa shape index (κ3) is 3.75. The molecule has 0 unspecified atom stereocenters. The lowest BCUT2D eigenvalue weighted by Gasteiger charge is -2.05. The molecule has 0 saturated heterocycles. The van der Waals surface area contributed by atoms with Gasteiger partial charge in [0.15, 0.2) is 5.82 Å². The molecule has 0 radical (unpaired) electrons. The van der Waals surface area contributed by atoms with Crippen molar-refractivity contribution in [3.8, 4) is 11.3 Å². The van der Waals surface area contributed by atoms with Crippen LogP contribution in [0.5, 0.6) is 0 Å². The number of hydrogen-bond donors (Lipinski definition) is 0. The Morgan fingerprint density at radius 2 is 1.90 bits per heavy atom. The number of aromatic nitrogens is 2. The van der Waals surface area contributed by atoms with Gasteiger partial charge in [0.1, 0.15) is 4.60 Å². The first kappa shape index (κ1) is 14.4. The van der Waals surface area contributed by atoms with Crippen molar-refractivity contribution in [2.75, 3.05) is 0 Å². The van der Waals surface area contributed by atoms with Crippen molar-refractivity contribution in [2.45, 2.75) is 6.92 Å². The maximum atomic E-state index is 4.61. The highest BCUT2D eigenvalue weighted by molar-refractivity contribution is 9.10. The molecule has 0 N–H and O–H groups in total. The molecule has 1 aromatic heterocycles. The summed E-state index contributed by atoms with van der Waals surface area (Å²) in [4.78, 5) is 9.03. The highest BCUT2D eigenvalue weighted by atomic mass is 79.9. The number of halogens is 1. The van der Waals surface area contributed by atoms with Gasteiger partial charge in [-0.2, -0.15) is 0 Å². The summed E-state index contributed by atoms with van der Waals surface area (Å²) in [5, 5.41) is 0. The minimum atomic E-state index is 0.715. The lowest BCUT2D eigenvalue weighted by atomic mass is 10.1. The molecule has 20 heavy (non-hydrogen) atoms. The zero-order valence-corrected chi connectivity index (χ0v) is 12.8. The molecule has 0 saturated carbocycles. The molecule has 0 amide bonds. The minimum absolute atomic E-state index is 0.715. The summed E-state index contributed by atoms with van der Waals surface area (Å²) in [6.07, 6.45) is 7.51. The Hall–Kier alpha value is -2.00. The molecule has 2 nitrogen and oxygen atoms in total. The fourth-order valence-electron chi connectivity index (χ4n) is 1.70. The Balaban J connectivity index is 2.41. The maximum absolute atomic E-state index is 4.61. The summed E-state index contributed by atoms with van der Waals surface area (Å²) < 4.78 is 0.779. The van der Waals surface area contributed by atoms with Crippen LogP contribution in [0.1, 0.15) is 12.7 Å². The first-order valence-corrected chi connectivity index (χ1v) is 7.06. The fraction of sp³-hybridized carbons (Fsp3) is 0.0588. The zero-order chi connectivity index (χ0) is 14.4. The topological polar surface area (TPSA) is 25.8 Å². The van der Waals surface area contributed by atoms with E-state index in [1.807, 2.05) is 61.5 Å². The zero-order valence-electron chi connectivity index (χ0n) is 11.3. The Labute approximate surface area is 127 Å². The average Bonchev–Trinajstić information content (AvgIpc) is 2.47. The first-order valence-electron chi connectivity index (χ1n) is 6.27. The summed E-state index contributed by atoms with van der Waals surface area (Å²) in [6, 6.07) is 12.0. The average molecular weight is 327 g/mol. The summed E-state index contributed by atoms with van der Waals surface area (Å²) in [5.74, 6) is 0.715. The van der Waals surface area contributed by atoms with Crippen molar-refractivity contribution < 1.29 is 0 Å². The highest BCUT2D eigenvalue weighted by Crippen LogP contribution is 2.22. The van der Waals surface area contributed by atoms with Gasteiger partial charge in [0.05, 0.1) is 5.69 Å². The van der Waals surface area contributed by atoms with Crippen LogP contribution in [0.2, 0.25) is 0 Å². The SMILES string of the molecule is C=C/C=C\C=C(/C)c1nc(Br)cc(-c2ccccc2)n1. The summed E-state index contributed by atoms with van der Waals surface area (Å²) in [5.41, 5.74) is 2.98. The van der Waals surface area contributed by atoms with Gasteiger partial charge in [-0.25, -0.2) is 9.97 Å². The van der Waals surface area contributed by atoms with Gasteiger partial charge in [-0.3, -0.25) is 0 Å². The van der Waals surface area contributed by atoms with Gasteiger partial charge in [-0.05, 0) is 34.5 Å². The summed E-state index contributed by atoms with van der Waals surface area (Å²) in [6.45, 7) is 5.63. The lowest BCUT2D eigenvalue weighted by molar-refractivity contribution is 1.09. The predicted octanol–water partition coefficient (Wildman–Crippen LogP) is 5.05. The van der Waals surface area contributed by atoms with Gasteiger partial charge in [0.2, 0.25) is 0 Å². The molecular formula is C17H15BrN2. The third-order valence-electron chi connectivity index (χ3n) is 2.71. The van der Waals surface area contributed by atoms with Crippen LogP contribution in [0.25, 0.3) is 16.8 Å². The third-order valence-corrected chi connectivity index (χ3v) is 3.12. The van der Waals surface area contributed by atoms with Gasteiger partial charge in [0.25, 0.3) is 0 Å². The van der Waals surface area contributed by atoms with Crippen molar-refractivity contribution in [1.29, 1.82) is 0 Å². The van der Waals surface area contributed by atoms with E-state index in [9.17, 15) is 0 Å². The van der Waals surface area contributed by atoms with Crippen LogP contribution in [0.3, 0.4) is 0 Å². The van der Waals surface area contributed by atoms with Crippen LogP contribution in [-0.4, -0.2) is 9.97 Å². The molecule has 0 atom stereocenters. The van der Waals surface area contributed by atoms with Crippen molar-refractivity contribution in [3.05, 3.63) is 77.7 Å². The van der Waals surface area contributed by atoms with Crippen LogP contribution in [0, 0.1) is 0 Å². The molecule has 0 aliphatic carbocycles. The Kier molecular flexibility index (Phi) is 5.02. The van der Waals surface area contributed by atoms with E-state index in [2.05, 4.69) is 32.5 Å². The molecule has 1 heterocycles. The van der Waals surface area contributed by atoms with Gasteiger partial charge < -0.3 is 0 Å². The summed E-state index contributed by atoms with van der Waals surface area (Å²) in [7, 11) is 0. The van der Waals surface area contributed by atoms with Gasteiger partial charge >= 0.3 is 0 Å². The minimum Gasteiger partial charge on any atom is -0.228 e. The van der Waals surface area contributed by atoms with E-state index in [1.54, 1.807) is 6.08 Å². The molecule has 100 valence electrons. The van der Waals surface area contributed by atoms with Gasteiger partial charge in [-0.15, -0.1) is 0 Å². The second kappa shape index (κ2) is 6.96. The van der Waals surface area contributed by atoms with Crippen molar-refractivity contribution in [1.82, 2.24) is 9.97 Å². The van der Waals surface area contributed by atoms with Crippen molar-refractivity contribution in [3.63, 3.8) is 0 Å². The smallest absolute Gasteiger partial charge is 0.156 e. The van der Waals surface area contributed by atoms with E-state index < -0.39 is 0 Å².